The third-order valence-corrected chi connectivity index (χ3v) is 4.82. The highest BCUT2D eigenvalue weighted by atomic mass is 32.2. The number of benzene rings is 2. The molecule has 7 heteroatoms. The zero-order valence-corrected chi connectivity index (χ0v) is 14.8. The molecule has 0 fully saturated rings. The van der Waals surface area contributed by atoms with Gasteiger partial charge in [-0.05, 0) is 42.0 Å². The third-order valence-electron chi connectivity index (χ3n) is 3.81. The first-order chi connectivity index (χ1) is 12.5. The summed E-state index contributed by atoms with van der Waals surface area (Å²) in [6.07, 6.45) is 3.43. The number of halogens is 2. The quantitative estimate of drug-likeness (QED) is 0.671. The summed E-state index contributed by atoms with van der Waals surface area (Å²) >= 11 is 1.31. The smallest absolute Gasteiger partial charge is 0.231 e. The van der Waals surface area contributed by atoms with Gasteiger partial charge in [0, 0.05) is 24.3 Å². The molecule has 3 rings (SSSR count). The number of amides is 1. The van der Waals surface area contributed by atoms with E-state index in [1.54, 1.807) is 41.2 Å². The predicted octanol–water partition coefficient (Wildman–Crippen LogP) is 3.70. The summed E-state index contributed by atoms with van der Waals surface area (Å²) in [5.74, 6) is -0.0304. The molecule has 0 saturated carbocycles. The molecule has 0 aliphatic carbocycles. The molecule has 4 nitrogen and oxygen atoms in total. The van der Waals surface area contributed by atoms with Crippen molar-refractivity contribution in [3.05, 3.63) is 83.9 Å². The van der Waals surface area contributed by atoms with Crippen LogP contribution in [0.25, 0.3) is 0 Å². The van der Waals surface area contributed by atoms with Gasteiger partial charge in [-0.2, -0.15) is 0 Å². The van der Waals surface area contributed by atoms with Crippen LogP contribution in [0.2, 0.25) is 0 Å². The Labute approximate surface area is 154 Å². The lowest BCUT2D eigenvalue weighted by atomic mass is 10.1. The van der Waals surface area contributed by atoms with Gasteiger partial charge in [0.15, 0.2) is 0 Å². The SMILES string of the molecule is Cn1ccnc1C(NC(=O)CSc1ccc(F)cc1)c1ccc(F)cc1. The molecule has 1 N–H and O–H groups in total. The fourth-order valence-corrected chi connectivity index (χ4v) is 3.20. The second-order valence-corrected chi connectivity index (χ2v) is 6.74. The minimum absolute atomic E-state index is 0.174. The Morgan fingerprint density at radius 3 is 2.31 bits per heavy atom. The molecule has 2 aromatic carbocycles. The van der Waals surface area contributed by atoms with Gasteiger partial charge in [-0.3, -0.25) is 4.79 Å². The van der Waals surface area contributed by atoms with E-state index in [1.165, 1.54) is 36.0 Å². The number of aryl methyl sites for hydroxylation is 1. The van der Waals surface area contributed by atoms with Gasteiger partial charge in [0.1, 0.15) is 23.5 Å². The van der Waals surface area contributed by atoms with Gasteiger partial charge in [-0.25, -0.2) is 13.8 Å². The number of carbonyl (C=O) groups is 1. The molecule has 0 bridgehead atoms. The molecule has 0 aliphatic heterocycles. The van der Waals surface area contributed by atoms with Crippen molar-refractivity contribution in [3.8, 4) is 0 Å². The molecule has 1 amide bonds. The molecule has 3 aromatic rings. The van der Waals surface area contributed by atoms with Crippen molar-refractivity contribution in [3.63, 3.8) is 0 Å². The van der Waals surface area contributed by atoms with Gasteiger partial charge >= 0.3 is 0 Å². The molecule has 0 saturated heterocycles. The van der Waals surface area contributed by atoms with E-state index in [-0.39, 0.29) is 23.3 Å². The first-order valence-corrected chi connectivity index (χ1v) is 8.92. The van der Waals surface area contributed by atoms with E-state index in [0.717, 1.165) is 10.5 Å². The van der Waals surface area contributed by atoms with Crippen molar-refractivity contribution in [2.24, 2.45) is 7.05 Å². The summed E-state index contributed by atoms with van der Waals surface area (Å²) in [6.45, 7) is 0. The number of aromatic nitrogens is 2. The summed E-state index contributed by atoms with van der Waals surface area (Å²) in [5.41, 5.74) is 0.737. The summed E-state index contributed by atoms with van der Waals surface area (Å²) in [5, 5.41) is 2.94. The molecule has 1 aromatic heterocycles. The first-order valence-electron chi connectivity index (χ1n) is 7.93. The molecule has 26 heavy (non-hydrogen) atoms. The Bertz CT molecular complexity index is 879. The molecule has 1 unspecified atom stereocenters. The van der Waals surface area contributed by atoms with Gasteiger partial charge in [-0.15, -0.1) is 11.8 Å². The van der Waals surface area contributed by atoms with Crippen LogP contribution < -0.4 is 5.32 Å². The van der Waals surface area contributed by atoms with E-state index >= 15 is 0 Å². The highest BCUT2D eigenvalue weighted by Gasteiger charge is 2.20. The number of hydrogen-bond donors (Lipinski definition) is 1. The summed E-state index contributed by atoms with van der Waals surface area (Å²) in [7, 11) is 1.83. The maximum absolute atomic E-state index is 13.2. The Morgan fingerprint density at radius 2 is 1.73 bits per heavy atom. The van der Waals surface area contributed by atoms with Crippen LogP contribution in [0.4, 0.5) is 8.78 Å². The number of carbonyl (C=O) groups excluding carboxylic acids is 1. The summed E-state index contributed by atoms with van der Waals surface area (Å²) in [6, 6.07) is 11.4. The fourth-order valence-electron chi connectivity index (χ4n) is 2.49. The van der Waals surface area contributed by atoms with Crippen molar-refractivity contribution < 1.29 is 13.6 Å². The molecule has 134 valence electrons. The van der Waals surface area contributed by atoms with Crippen LogP contribution in [-0.2, 0) is 11.8 Å². The zero-order chi connectivity index (χ0) is 18.5. The average molecular weight is 373 g/mol. The minimum Gasteiger partial charge on any atom is -0.341 e. The number of imidazole rings is 1. The van der Waals surface area contributed by atoms with E-state index in [2.05, 4.69) is 10.3 Å². The number of nitrogens with zero attached hydrogens (tertiary/aromatic N) is 2. The van der Waals surface area contributed by atoms with E-state index in [1.807, 2.05) is 7.05 Å². The molecule has 0 spiro atoms. The largest absolute Gasteiger partial charge is 0.341 e. The molecule has 0 aliphatic rings. The number of hydrogen-bond acceptors (Lipinski definition) is 3. The Balaban J connectivity index is 1.73. The molecule has 1 heterocycles. The summed E-state index contributed by atoms with van der Waals surface area (Å²) in [4.78, 5) is 17.5. The van der Waals surface area contributed by atoms with Gasteiger partial charge in [0.2, 0.25) is 5.91 Å². The molecule has 0 radical (unpaired) electrons. The Hall–Kier alpha value is -2.67. The molecule has 1 atom stereocenters. The van der Waals surface area contributed by atoms with E-state index in [4.69, 9.17) is 0 Å². The average Bonchev–Trinajstić information content (AvgIpc) is 3.06. The van der Waals surface area contributed by atoms with Crippen LogP contribution in [0.15, 0.2) is 65.8 Å². The number of nitrogens with one attached hydrogen (secondary N) is 1. The van der Waals surface area contributed by atoms with Crippen molar-refractivity contribution in [1.82, 2.24) is 14.9 Å². The lowest BCUT2D eigenvalue weighted by molar-refractivity contribution is -0.119. The van der Waals surface area contributed by atoms with E-state index < -0.39 is 6.04 Å². The highest BCUT2D eigenvalue weighted by Crippen LogP contribution is 2.22. The van der Waals surface area contributed by atoms with Crippen molar-refractivity contribution in [2.75, 3.05) is 5.75 Å². The van der Waals surface area contributed by atoms with Crippen LogP contribution in [0, 0.1) is 11.6 Å². The van der Waals surface area contributed by atoms with Crippen molar-refractivity contribution in [2.45, 2.75) is 10.9 Å². The van der Waals surface area contributed by atoms with Crippen LogP contribution in [0.1, 0.15) is 17.4 Å². The van der Waals surface area contributed by atoms with E-state index in [9.17, 15) is 13.6 Å². The maximum Gasteiger partial charge on any atom is 0.231 e. The topological polar surface area (TPSA) is 46.9 Å². The Morgan fingerprint density at radius 1 is 1.12 bits per heavy atom. The first kappa shape index (κ1) is 18.1. The standard InChI is InChI=1S/C19H17F2N3OS/c1-24-11-10-22-19(24)18(13-2-4-14(20)5-3-13)23-17(25)12-26-16-8-6-15(21)7-9-16/h2-11,18H,12H2,1H3,(H,23,25). The highest BCUT2D eigenvalue weighted by molar-refractivity contribution is 8.00. The second-order valence-electron chi connectivity index (χ2n) is 5.69. The lowest BCUT2D eigenvalue weighted by Crippen LogP contribution is -2.32. The van der Waals surface area contributed by atoms with Crippen molar-refractivity contribution >= 4 is 17.7 Å². The van der Waals surface area contributed by atoms with Gasteiger partial charge in [0.25, 0.3) is 0 Å². The lowest BCUT2D eigenvalue weighted by Gasteiger charge is -2.19. The Kier molecular flexibility index (Phi) is 5.68. The second kappa shape index (κ2) is 8.14. The normalized spacial score (nSPS) is 12.0. The number of thioether (sulfide) groups is 1. The van der Waals surface area contributed by atoms with Crippen molar-refractivity contribution in [1.29, 1.82) is 0 Å². The van der Waals surface area contributed by atoms with Gasteiger partial charge in [-0.1, -0.05) is 12.1 Å². The fraction of sp³-hybridized carbons (Fsp3) is 0.158. The maximum atomic E-state index is 13.2. The van der Waals surface area contributed by atoms with Crippen LogP contribution in [0.5, 0.6) is 0 Å². The third kappa shape index (κ3) is 4.49. The van der Waals surface area contributed by atoms with Crippen LogP contribution >= 0.6 is 11.8 Å². The molecular weight excluding hydrogens is 356 g/mol. The monoisotopic (exact) mass is 373 g/mol. The van der Waals surface area contributed by atoms with Gasteiger partial charge < -0.3 is 9.88 Å². The number of rotatable bonds is 6. The molecular formula is C19H17F2N3OS. The van der Waals surface area contributed by atoms with E-state index in [0.29, 0.717) is 5.82 Å². The minimum atomic E-state index is -0.489. The predicted molar refractivity (Wildman–Crippen MR) is 96.7 cm³/mol. The van der Waals surface area contributed by atoms with Gasteiger partial charge in [0.05, 0.1) is 5.75 Å². The van der Waals surface area contributed by atoms with Crippen LogP contribution in [0.3, 0.4) is 0 Å². The summed E-state index contributed by atoms with van der Waals surface area (Å²) < 4.78 is 28.0. The van der Waals surface area contributed by atoms with Crippen LogP contribution in [-0.4, -0.2) is 21.2 Å². The zero-order valence-electron chi connectivity index (χ0n) is 14.0.